The predicted octanol–water partition coefficient (Wildman–Crippen LogP) is 2.55. The summed E-state index contributed by atoms with van der Waals surface area (Å²) in [5.41, 5.74) is -0.547. The average molecular weight is 441 g/mol. The number of methoxy groups -OCH3 is 1. The first-order valence-electron chi connectivity index (χ1n) is 10.9. The molecular formula is C23H28N4O5. The third-order valence-electron chi connectivity index (χ3n) is 6.14. The highest BCUT2D eigenvalue weighted by Gasteiger charge is 2.50. The van der Waals surface area contributed by atoms with Gasteiger partial charge in [-0.15, -0.1) is 0 Å². The molecule has 9 heteroatoms. The summed E-state index contributed by atoms with van der Waals surface area (Å²) in [6.07, 6.45) is 3.99. The Hall–Kier alpha value is -3.36. The van der Waals surface area contributed by atoms with E-state index in [9.17, 15) is 14.4 Å². The lowest BCUT2D eigenvalue weighted by molar-refractivity contribution is -0.127. The fourth-order valence-electron chi connectivity index (χ4n) is 4.49. The van der Waals surface area contributed by atoms with Crippen molar-refractivity contribution in [3.8, 4) is 5.75 Å². The Balaban J connectivity index is 1.79. The van der Waals surface area contributed by atoms with Crippen LogP contribution in [-0.4, -0.2) is 52.9 Å². The van der Waals surface area contributed by atoms with Gasteiger partial charge in [0.05, 0.1) is 25.9 Å². The molecular weight excluding hydrogens is 412 g/mol. The molecule has 9 nitrogen and oxygen atoms in total. The minimum absolute atomic E-state index is 0.0376. The molecule has 2 aromatic rings. The van der Waals surface area contributed by atoms with Gasteiger partial charge >= 0.3 is 5.97 Å². The normalized spacial score (nSPS) is 20.7. The second-order valence-corrected chi connectivity index (χ2v) is 8.33. The number of benzene rings is 1. The molecule has 1 fully saturated rings. The maximum absolute atomic E-state index is 13.7. The monoisotopic (exact) mass is 440 g/mol. The predicted molar refractivity (Wildman–Crippen MR) is 117 cm³/mol. The van der Waals surface area contributed by atoms with Crippen molar-refractivity contribution < 1.29 is 23.9 Å². The van der Waals surface area contributed by atoms with Crippen molar-refractivity contribution in [3.63, 3.8) is 0 Å². The van der Waals surface area contributed by atoms with Crippen LogP contribution in [0.5, 0.6) is 5.75 Å². The third-order valence-corrected chi connectivity index (χ3v) is 6.14. The van der Waals surface area contributed by atoms with Crippen molar-refractivity contribution in [1.82, 2.24) is 15.1 Å². The molecule has 2 aliphatic rings. The number of rotatable bonds is 6. The SMILES string of the molecule is CCOC(=O)c1cc2n(n1)CC(C)(C(=O)NC1CCCC1)N(c1ccccc1OC)C2=O. The number of ether oxygens (including phenoxy) is 2. The lowest BCUT2D eigenvalue weighted by atomic mass is 9.93. The number of aromatic nitrogens is 2. The van der Waals surface area contributed by atoms with Crippen LogP contribution in [0.4, 0.5) is 5.69 Å². The van der Waals surface area contributed by atoms with Crippen LogP contribution in [0.15, 0.2) is 30.3 Å². The number of nitrogens with one attached hydrogen (secondary N) is 1. The highest BCUT2D eigenvalue weighted by atomic mass is 16.5. The average Bonchev–Trinajstić information content (AvgIpc) is 3.44. The van der Waals surface area contributed by atoms with E-state index in [4.69, 9.17) is 9.47 Å². The number of para-hydroxylation sites is 2. The molecule has 2 heterocycles. The summed E-state index contributed by atoms with van der Waals surface area (Å²) in [5, 5.41) is 7.40. The zero-order valence-electron chi connectivity index (χ0n) is 18.6. The molecule has 170 valence electrons. The van der Waals surface area contributed by atoms with E-state index in [0.717, 1.165) is 25.7 Å². The lowest BCUT2D eigenvalue weighted by Crippen LogP contribution is -2.65. The van der Waals surface area contributed by atoms with Gasteiger partial charge in [0.2, 0.25) is 5.91 Å². The van der Waals surface area contributed by atoms with Gasteiger partial charge in [-0.3, -0.25) is 19.2 Å². The summed E-state index contributed by atoms with van der Waals surface area (Å²) in [7, 11) is 1.52. The van der Waals surface area contributed by atoms with E-state index in [0.29, 0.717) is 11.4 Å². The fourth-order valence-corrected chi connectivity index (χ4v) is 4.49. The lowest BCUT2D eigenvalue weighted by Gasteiger charge is -2.43. The van der Waals surface area contributed by atoms with Crippen molar-refractivity contribution >= 4 is 23.5 Å². The van der Waals surface area contributed by atoms with Gasteiger partial charge in [-0.2, -0.15) is 5.10 Å². The van der Waals surface area contributed by atoms with E-state index in [1.165, 1.54) is 22.8 Å². The summed E-state index contributed by atoms with van der Waals surface area (Å²) < 4.78 is 12.0. The second-order valence-electron chi connectivity index (χ2n) is 8.33. The maximum Gasteiger partial charge on any atom is 0.358 e. The molecule has 1 aromatic carbocycles. The van der Waals surface area contributed by atoms with Crippen LogP contribution in [0.2, 0.25) is 0 Å². The van der Waals surface area contributed by atoms with E-state index in [-0.39, 0.29) is 36.5 Å². The number of nitrogens with zero attached hydrogens (tertiary/aromatic N) is 3. The topological polar surface area (TPSA) is 103 Å². The molecule has 0 spiro atoms. The molecule has 1 atom stereocenters. The third kappa shape index (κ3) is 3.72. The first kappa shape index (κ1) is 21.9. The highest BCUT2D eigenvalue weighted by Crippen LogP contribution is 2.38. The van der Waals surface area contributed by atoms with Crippen molar-refractivity contribution in [2.24, 2.45) is 0 Å². The van der Waals surface area contributed by atoms with E-state index in [1.54, 1.807) is 38.1 Å². The van der Waals surface area contributed by atoms with Gasteiger partial charge in [0.25, 0.3) is 5.91 Å². The fraction of sp³-hybridized carbons (Fsp3) is 0.478. The van der Waals surface area contributed by atoms with Gasteiger partial charge in [0.15, 0.2) is 5.69 Å². The van der Waals surface area contributed by atoms with Gasteiger partial charge in [0, 0.05) is 12.1 Å². The molecule has 0 saturated heterocycles. The van der Waals surface area contributed by atoms with Gasteiger partial charge < -0.3 is 14.8 Å². The van der Waals surface area contributed by atoms with Gasteiger partial charge in [-0.25, -0.2) is 4.79 Å². The Labute approximate surface area is 186 Å². The molecule has 1 unspecified atom stereocenters. The van der Waals surface area contributed by atoms with E-state index >= 15 is 0 Å². The summed E-state index contributed by atoms with van der Waals surface area (Å²) in [6.45, 7) is 3.71. The number of carbonyl (C=O) groups is 3. The minimum atomic E-state index is -1.28. The standard InChI is InChI=1S/C23H28N4O5/c1-4-32-21(29)16-13-18-20(28)27(17-11-7-8-12-19(17)31-3)23(2,14-26(18)25-16)22(30)24-15-9-5-6-10-15/h7-8,11-13,15H,4-6,9-10,14H2,1-3H3,(H,24,30). The summed E-state index contributed by atoms with van der Waals surface area (Å²) >= 11 is 0. The largest absolute Gasteiger partial charge is 0.495 e. The highest BCUT2D eigenvalue weighted by molar-refractivity contribution is 6.13. The molecule has 0 bridgehead atoms. The summed E-state index contributed by atoms with van der Waals surface area (Å²) in [5.74, 6) is -0.835. The van der Waals surface area contributed by atoms with Crippen molar-refractivity contribution in [2.45, 2.75) is 57.7 Å². The Bertz CT molecular complexity index is 1040. The zero-order chi connectivity index (χ0) is 22.9. The molecule has 1 aliphatic heterocycles. The van der Waals surface area contributed by atoms with E-state index in [1.807, 2.05) is 0 Å². The van der Waals surface area contributed by atoms with Crippen LogP contribution in [0.1, 0.15) is 60.5 Å². The first-order chi connectivity index (χ1) is 15.4. The summed E-state index contributed by atoms with van der Waals surface area (Å²) in [4.78, 5) is 41.0. The number of anilines is 1. The Morgan fingerprint density at radius 3 is 2.66 bits per heavy atom. The number of fused-ring (bicyclic) bond motifs is 1. The smallest absolute Gasteiger partial charge is 0.358 e. The molecule has 1 aliphatic carbocycles. The first-order valence-corrected chi connectivity index (χ1v) is 10.9. The number of amides is 2. The molecule has 0 radical (unpaired) electrons. The molecule has 1 aromatic heterocycles. The number of esters is 1. The Morgan fingerprint density at radius 2 is 1.97 bits per heavy atom. The van der Waals surface area contributed by atoms with Gasteiger partial charge in [-0.05, 0) is 38.8 Å². The van der Waals surface area contributed by atoms with Crippen LogP contribution in [-0.2, 0) is 16.1 Å². The number of hydrogen-bond acceptors (Lipinski definition) is 6. The maximum atomic E-state index is 13.7. The molecule has 32 heavy (non-hydrogen) atoms. The zero-order valence-corrected chi connectivity index (χ0v) is 18.6. The molecule has 1 saturated carbocycles. The van der Waals surface area contributed by atoms with Crippen LogP contribution in [0, 0.1) is 0 Å². The number of carbonyl (C=O) groups excluding carboxylic acids is 3. The second kappa shape index (κ2) is 8.64. The molecule has 4 rings (SSSR count). The van der Waals surface area contributed by atoms with E-state index in [2.05, 4.69) is 10.4 Å². The van der Waals surface area contributed by atoms with Crippen molar-refractivity contribution in [2.75, 3.05) is 18.6 Å². The summed E-state index contributed by atoms with van der Waals surface area (Å²) in [6, 6.07) is 8.58. The van der Waals surface area contributed by atoms with Crippen molar-refractivity contribution in [3.05, 3.63) is 41.7 Å². The van der Waals surface area contributed by atoms with Crippen LogP contribution in [0.3, 0.4) is 0 Å². The van der Waals surface area contributed by atoms with Gasteiger partial charge in [-0.1, -0.05) is 25.0 Å². The molecule has 1 N–H and O–H groups in total. The Morgan fingerprint density at radius 1 is 1.25 bits per heavy atom. The van der Waals surface area contributed by atoms with Crippen molar-refractivity contribution in [1.29, 1.82) is 0 Å². The van der Waals surface area contributed by atoms with Crippen LogP contribution in [0.25, 0.3) is 0 Å². The minimum Gasteiger partial charge on any atom is -0.495 e. The number of hydrogen-bond donors (Lipinski definition) is 1. The molecule has 2 amide bonds. The Kier molecular flexibility index (Phi) is 5.90. The van der Waals surface area contributed by atoms with Gasteiger partial charge in [0.1, 0.15) is 17.0 Å². The van der Waals surface area contributed by atoms with Crippen LogP contribution >= 0.6 is 0 Å². The quantitative estimate of drug-likeness (QED) is 0.693. The van der Waals surface area contributed by atoms with E-state index < -0.39 is 17.4 Å². The van der Waals surface area contributed by atoms with Crippen LogP contribution < -0.4 is 15.0 Å².